The Labute approximate surface area is 126 Å². The van der Waals surface area contributed by atoms with Crippen molar-refractivity contribution >= 4 is 34.9 Å². The van der Waals surface area contributed by atoms with Crippen LogP contribution in [0.15, 0.2) is 0 Å². The number of hydrogen-bond donors (Lipinski definition) is 2. The molecule has 0 aromatic carbocycles. The summed E-state index contributed by atoms with van der Waals surface area (Å²) in [5, 5.41) is 3.11. The summed E-state index contributed by atoms with van der Waals surface area (Å²) in [6.07, 6.45) is 6.06. The number of carbonyl (C=O) groups excluding carboxylic acids is 1. The molecule has 0 saturated heterocycles. The molecular weight excluding hydrogens is 276 g/mol. The summed E-state index contributed by atoms with van der Waals surface area (Å²) < 4.78 is 0. The normalized spacial score (nSPS) is 20.3. The molecule has 3 nitrogen and oxygen atoms in total. The molecule has 0 aromatic heterocycles. The van der Waals surface area contributed by atoms with Gasteiger partial charge in [-0.15, -0.1) is 0 Å². The molecule has 0 spiro atoms. The molecule has 0 aromatic rings. The second-order valence-corrected chi connectivity index (χ2v) is 7.15. The highest BCUT2D eigenvalue weighted by Crippen LogP contribution is 2.36. The van der Waals surface area contributed by atoms with Crippen molar-refractivity contribution in [2.24, 2.45) is 11.1 Å². The minimum absolute atomic E-state index is 0.0473. The van der Waals surface area contributed by atoms with Crippen LogP contribution in [0.5, 0.6) is 0 Å². The third kappa shape index (κ3) is 4.63. The Morgan fingerprint density at radius 3 is 2.42 bits per heavy atom. The average Bonchev–Trinajstić information content (AvgIpc) is 2.62. The largest absolute Gasteiger partial charge is 0.392 e. The van der Waals surface area contributed by atoms with E-state index in [4.69, 9.17) is 18.0 Å². The first-order valence-electron chi connectivity index (χ1n) is 7.21. The second-order valence-electron chi connectivity index (χ2n) is 5.39. The van der Waals surface area contributed by atoms with Crippen molar-refractivity contribution < 1.29 is 4.79 Å². The van der Waals surface area contributed by atoms with Crippen LogP contribution in [-0.4, -0.2) is 28.4 Å². The fraction of sp³-hybridized carbons (Fsp3) is 0.857. The van der Waals surface area contributed by atoms with Gasteiger partial charge in [-0.2, -0.15) is 11.8 Å². The molecule has 0 radical (unpaired) electrons. The number of hydrogen-bond acceptors (Lipinski definition) is 3. The quantitative estimate of drug-likeness (QED) is 0.585. The van der Waals surface area contributed by atoms with Gasteiger partial charge in [0.1, 0.15) is 0 Å². The molecule has 19 heavy (non-hydrogen) atoms. The van der Waals surface area contributed by atoms with Crippen LogP contribution in [0.1, 0.15) is 52.4 Å². The Morgan fingerprint density at radius 1 is 1.37 bits per heavy atom. The number of thiocarbonyl (C=S) groups is 1. The van der Waals surface area contributed by atoms with Crippen LogP contribution in [0.25, 0.3) is 0 Å². The van der Waals surface area contributed by atoms with Crippen molar-refractivity contribution in [1.29, 1.82) is 0 Å². The van der Waals surface area contributed by atoms with Gasteiger partial charge in [-0.1, -0.05) is 44.8 Å². The summed E-state index contributed by atoms with van der Waals surface area (Å²) in [4.78, 5) is 13.0. The van der Waals surface area contributed by atoms with Gasteiger partial charge < -0.3 is 11.1 Å². The molecule has 1 fully saturated rings. The summed E-state index contributed by atoms with van der Waals surface area (Å²) in [7, 11) is 0. The van der Waals surface area contributed by atoms with Crippen LogP contribution in [0.2, 0.25) is 0 Å². The van der Waals surface area contributed by atoms with Crippen molar-refractivity contribution in [3.05, 3.63) is 0 Å². The molecule has 1 saturated carbocycles. The van der Waals surface area contributed by atoms with E-state index < -0.39 is 5.41 Å². The molecule has 5 heteroatoms. The van der Waals surface area contributed by atoms with Gasteiger partial charge in [-0.25, -0.2) is 0 Å². The number of carbonyl (C=O) groups is 1. The third-order valence-corrected chi connectivity index (χ3v) is 5.35. The fourth-order valence-corrected chi connectivity index (χ4v) is 3.59. The van der Waals surface area contributed by atoms with E-state index in [0.717, 1.165) is 37.2 Å². The Balaban J connectivity index is 2.69. The van der Waals surface area contributed by atoms with Gasteiger partial charge in [-0.05, 0) is 25.5 Å². The zero-order valence-electron chi connectivity index (χ0n) is 12.0. The average molecular weight is 303 g/mol. The van der Waals surface area contributed by atoms with Crippen LogP contribution < -0.4 is 11.1 Å². The van der Waals surface area contributed by atoms with E-state index in [-0.39, 0.29) is 11.9 Å². The first-order chi connectivity index (χ1) is 9.03. The van der Waals surface area contributed by atoms with Crippen LogP contribution in [0.4, 0.5) is 0 Å². The van der Waals surface area contributed by atoms with E-state index in [9.17, 15) is 4.79 Å². The standard InChI is InChI=1S/C14H26N2OS2/c1-3-19-10-11(2)16-13(17)14(12(15)18)8-6-4-5-7-9-14/h11H,3-10H2,1-2H3,(H2,15,18)(H,16,17). The highest BCUT2D eigenvalue weighted by molar-refractivity contribution is 7.99. The lowest BCUT2D eigenvalue weighted by Gasteiger charge is -2.31. The monoisotopic (exact) mass is 302 g/mol. The van der Waals surface area contributed by atoms with Crippen molar-refractivity contribution in [1.82, 2.24) is 5.32 Å². The number of nitrogens with one attached hydrogen (secondary N) is 1. The number of rotatable bonds is 6. The van der Waals surface area contributed by atoms with Gasteiger partial charge in [0.05, 0.1) is 10.4 Å². The molecule has 0 heterocycles. The van der Waals surface area contributed by atoms with Gasteiger partial charge in [-0.3, -0.25) is 4.79 Å². The van der Waals surface area contributed by atoms with Crippen LogP contribution in [-0.2, 0) is 4.79 Å². The first kappa shape index (κ1) is 16.8. The fourth-order valence-electron chi connectivity index (χ4n) is 2.62. The zero-order chi connectivity index (χ0) is 14.3. The van der Waals surface area contributed by atoms with Crippen LogP contribution in [0, 0.1) is 5.41 Å². The maximum absolute atomic E-state index is 12.6. The summed E-state index contributed by atoms with van der Waals surface area (Å²) in [5.41, 5.74) is 5.31. The van der Waals surface area contributed by atoms with Gasteiger partial charge in [0.15, 0.2) is 0 Å². The maximum atomic E-state index is 12.6. The lowest BCUT2D eigenvalue weighted by atomic mass is 9.79. The molecule has 3 N–H and O–H groups in total. The second kappa shape index (κ2) is 8.10. The molecule has 0 bridgehead atoms. The minimum Gasteiger partial charge on any atom is -0.392 e. The number of amides is 1. The summed E-state index contributed by atoms with van der Waals surface area (Å²) in [5.74, 6) is 2.06. The van der Waals surface area contributed by atoms with Gasteiger partial charge >= 0.3 is 0 Å². The van der Waals surface area contributed by atoms with Gasteiger partial charge in [0, 0.05) is 11.8 Å². The van der Waals surface area contributed by atoms with Crippen molar-refractivity contribution in [3.63, 3.8) is 0 Å². The molecule has 1 rings (SSSR count). The Morgan fingerprint density at radius 2 is 1.95 bits per heavy atom. The van der Waals surface area contributed by atoms with Crippen molar-refractivity contribution in [2.75, 3.05) is 11.5 Å². The highest BCUT2D eigenvalue weighted by atomic mass is 32.2. The van der Waals surface area contributed by atoms with Gasteiger partial charge in [0.2, 0.25) is 5.91 Å². The molecule has 110 valence electrons. The third-order valence-electron chi connectivity index (χ3n) is 3.81. The van der Waals surface area contributed by atoms with Crippen molar-refractivity contribution in [2.45, 2.75) is 58.4 Å². The van der Waals surface area contributed by atoms with E-state index in [1.165, 1.54) is 12.8 Å². The van der Waals surface area contributed by atoms with E-state index in [1.54, 1.807) is 0 Å². The first-order valence-corrected chi connectivity index (χ1v) is 8.78. The number of nitrogens with two attached hydrogens (primary N) is 1. The molecular formula is C14H26N2OS2. The van der Waals surface area contributed by atoms with Crippen LogP contribution >= 0.6 is 24.0 Å². The molecule has 0 aliphatic heterocycles. The van der Waals surface area contributed by atoms with Gasteiger partial charge in [0.25, 0.3) is 0 Å². The predicted molar refractivity (Wildman–Crippen MR) is 87.5 cm³/mol. The van der Waals surface area contributed by atoms with Crippen molar-refractivity contribution in [3.8, 4) is 0 Å². The Kier molecular flexibility index (Phi) is 7.15. The minimum atomic E-state index is -0.600. The summed E-state index contributed by atoms with van der Waals surface area (Å²) >= 11 is 7.05. The topological polar surface area (TPSA) is 55.1 Å². The highest BCUT2D eigenvalue weighted by Gasteiger charge is 2.41. The smallest absolute Gasteiger partial charge is 0.233 e. The maximum Gasteiger partial charge on any atom is 0.233 e. The summed E-state index contributed by atoms with van der Waals surface area (Å²) in [6, 6.07) is 0.173. The van der Waals surface area contributed by atoms with E-state index in [1.807, 2.05) is 18.7 Å². The molecule has 1 amide bonds. The SMILES string of the molecule is CCSCC(C)NC(=O)C1(C(N)=S)CCCCCC1. The summed E-state index contributed by atoms with van der Waals surface area (Å²) in [6.45, 7) is 4.17. The Bertz CT molecular complexity index is 313. The Hall–Kier alpha value is -0.290. The molecule has 1 atom stereocenters. The van der Waals surface area contributed by atoms with E-state index in [0.29, 0.717) is 4.99 Å². The molecule has 1 aliphatic carbocycles. The van der Waals surface area contributed by atoms with E-state index in [2.05, 4.69) is 12.2 Å². The molecule has 1 unspecified atom stereocenters. The molecule has 1 aliphatic rings. The zero-order valence-corrected chi connectivity index (χ0v) is 13.7. The lowest BCUT2D eigenvalue weighted by molar-refractivity contribution is -0.128. The number of thioether (sulfide) groups is 1. The predicted octanol–water partition coefficient (Wildman–Crippen LogP) is 2.87. The van der Waals surface area contributed by atoms with Crippen LogP contribution in [0.3, 0.4) is 0 Å². The van der Waals surface area contributed by atoms with E-state index >= 15 is 0 Å². The lowest BCUT2D eigenvalue weighted by Crippen LogP contribution is -2.51.